The first-order chi connectivity index (χ1) is 9.34. The molecular formula is C16H22N2O. The summed E-state index contributed by atoms with van der Waals surface area (Å²) in [6, 6.07) is 8.63. The van der Waals surface area contributed by atoms with Crippen LogP contribution in [0.15, 0.2) is 24.3 Å². The van der Waals surface area contributed by atoms with Crippen molar-refractivity contribution >= 4 is 11.6 Å². The van der Waals surface area contributed by atoms with Gasteiger partial charge in [-0.15, -0.1) is 0 Å². The number of likely N-dealkylation sites (tertiary alicyclic amines) is 1. The van der Waals surface area contributed by atoms with Gasteiger partial charge in [-0.3, -0.25) is 4.79 Å². The second-order valence-corrected chi connectivity index (χ2v) is 5.56. The van der Waals surface area contributed by atoms with Crippen molar-refractivity contribution in [1.82, 2.24) is 4.90 Å². The molecule has 0 atom stereocenters. The molecule has 3 nitrogen and oxygen atoms in total. The van der Waals surface area contributed by atoms with Gasteiger partial charge in [-0.2, -0.15) is 0 Å². The van der Waals surface area contributed by atoms with Gasteiger partial charge in [0.2, 0.25) is 5.91 Å². The second-order valence-electron chi connectivity index (χ2n) is 5.56. The van der Waals surface area contributed by atoms with Crippen molar-refractivity contribution in [3.05, 3.63) is 29.8 Å². The molecule has 1 saturated heterocycles. The number of fused-ring (bicyclic) bond motifs is 1. The Labute approximate surface area is 115 Å². The number of nitrogens with zero attached hydrogens (tertiary/aromatic N) is 2. The van der Waals surface area contributed by atoms with Gasteiger partial charge in [0.1, 0.15) is 0 Å². The van der Waals surface area contributed by atoms with Crippen LogP contribution in [-0.2, 0) is 11.2 Å². The number of anilines is 1. The number of carbonyl (C=O) groups is 1. The molecule has 0 aromatic heterocycles. The molecule has 0 aliphatic carbocycles. The van der Waals surface area contributed by atoms with Gasteiger partial charge in [-0.05, 0) is 37.3 Å². The van der Waals surface area contributed by atoms with E-state index in [9.17, 15) is 4.79 Å². The lowest BCUT2D eigenvalue weighted by Crippen LogP contribution is -2.29. The minimum atomic E-state index is 0.352. The molecular weight excluding hydrogens is 236 g/mol. The monoisotopic (exact) mass is 258 g/mol. The topological polar surface area (TPSA) is 23.6 Å². The quantitative estimate of drug-likeness (QED) is 0.828. The predicted octanol–water partition coefficient (Wildman–Crippen LogP) is 2.45. The summed E-state index contributed by atoms with van der Waals surface area (Å²) < 4.78 is 0. The fourth-order valence-electron chi connectivity index (χ4n) is 3.18. The largest absolute Gasteiger partial charge is 0.371 e. The lowest BCUT2D eigenvalue weighted by atomic mass is 10.2. The van der Waals surface area contributed by atoms with Crippen molar-refractivity contribution < 1.29 is 4.79 Å². The Morgan fingerprint density at radius 2 is 1.89 bits per heavy atom. The van der Waals surface area contributed by atoms with Crippen LogP contribution in [0, 0.1) is 0 Å². The van der Waals surface area contributed by atoms with Gasteiger partial charge in [0.05, 0.1) is 0 Å². The van der Waals surface area contributed by atoms with Crippen molar-refractivity contribution in [1.29, 1.82) is 0 Å². The normalized spacial score (nSPS) is 17.9. The molecule has 2 aliphatic heterocycles. The summed E-state index contributed by atoms with van der Waals surface area (Å²) in [5.41, 5.74) is 2.82. The smallest absolute Gasteiger partial charge is 0.222 e. The summed E-state index contributed by atoms with van der Waals surface area (Å²) in [6.07, 6.45) is 5.20. The minimum absolute atomic E-state index is 0.352. The second kappa shape index (κ2) is 5.64. The highest BCUT2D eigenvalue weighted by Crippen LogP contribution is 2.27. The molecule has 1 aromatic rings. The van der Waals surface area contributed by atoms with Gasteiger partial charge in [0, 0.05) is 38.3 Å². The molecule has 0 saturated carbocycles. The van der Waals surface area contributed by atoms with E-state index < -0.39 is 0 Å². The molecule has 2 aliphatic rings. The Morgan fingerprint density at radius 1 is 1.11 bits per heavy atom. The SMILES string of the molecule is O=C(CCCN1CCc2ccccc21)N1CCCC1. The van der Waals surface area contributed by atoms with Gasteiger partial charge in [-0.1, -0.05) is 18.2 Å². The van der Waals surface area contributed by atoms with E-state index in [1.54, 1.807) is 0 Å². The van der Waals surface area contributed by atoms with E-state index in [1.165, 1.54) is 24.1 Å². The third-order valence-corrected chi connectivity index (χ3v) is 4.26. The average molecular weight is 258 g/mol. The number of amides is 1. The lowest BCUT2D eigenvalue weighted by Gasteiger charge is -2.20. The third-order valence-electron chi connectivity index (χ3n) is 4.26. The first-order valence-electron chi connectivity index (χ1n) is 7.45. The number of para-hydroxylation sites is 1. The summed E-state index contributed by atoms with van der Waals surface area (Å²) >= 11 is 0. The molecule has 1 fully saturated rings. The predicted molar refractivity (Wildman–Crippen MR) is 77.4 cm³/mol. The van der Waals surface area contributed by atoms with Crippen LogP contribution in [0.3, 0.4) is 0 Å². The zero-order valence-electron chi connectivity index (χ0n) is 11.5. The van der Waals surface area contributed by atoms with Crippen LogP contribution in [0.25, 0.3) is 0 Å². The van der Waals surface area contributed by atoms with Crippen molar-refractivity contribution in [3.8, 4) is 0 Å². The number of carbonyl (C=O) groups excluding carboxylic acids is 1. The lowest BCUT2D eigenvalue weighted by molar-refractivity contribution is -0.130. The van der Waals surface area contributed by atoms with E-state index in [1.807, 2.05) is 4.90 Å². The molecule has 2 heterocycles. The van der Waals surface area contributed by atoms with Crippen LogP contribution >= 0.6 is 0 Å². The summed E-state index contributed by atoms with van der Waals surface area (Å²) in [5, 5.41) is 0. The highest BCUT2D eigenvalue weighted by molar-refractivity contribution is 5.76. The number of hydrogen-bond donors (Lipinski definition) is 0. The molecule has 0 N–H and O–H groups in total. The molecule has 0 spiro atoms. The molecule has 0 unspecified atom stereocenters. The van der Waals surface area contributed by atoms with E-state index >= 15 is 0 Å². The Hall–Kier alpha value is -1.51. The minimum Gasteiger partial charge on any atom is -0.371 e. The standard InChI is InChI=1S/C16H22N2O/c19-16(18-10-3-4-11-18)8-5-12-17-13-9-14-6-1-2-7-15(14)17/h1-2,6-7H,3-5,8-13H2. The zero-order chi connectivity index (χ0) is 13.1. The highest BCUT2D eigenvalue weighted by atomic mass is 16.2. The highest BCUT2D eigenvalue weighted by Gasteiger charge is 2.20. The fraction of sp³-hybridized carbons (Fsp3) is 0.562. The molecule has 1 aromatic carbocycles. The van der Waals surface area contributed by atoms with Crippen LogP contribution in [0.5, 0.6) is 0 Å². The van der Waals surface area contributed by atoms with Crippen LogP contribution in [0.4, 0.5) is 5.69 Å². The Morgan fingerprint density at radius 3 is 2.74 bits per heavy atom. The maximum absolute atomic E-state index is 12.0. The maximum Gasteiger partial charge on any atom is 0.222 e. The van der Waals surface area contributed by atoms with Crippen LogP contribution in [-0.4, -0.2) is 37.0 Å². The van der Waals surface area contributed by atoms with Gasteiger partial charge >= 0.3 is 0 Å². The van der Waals surface area contributed by atoms with E-state index in [0.29, 0.717) is 12.3 Å². The Kier molecular flexibility index (Phi) is 3.72. The van der Waals surface area contributed by atoms with Crippen molar-refractivity contribution in [3.63, 3.8) is 0 Å². The molecule has 102 valence electrons. The van der Waals surface area contributed by atoms with Crippen LogP contribution < -0.4 is 4.90 Å². The van der Waals surface area contributed by atoms with E-state index in [-0.39, 0.29) is 0 Å². The van der Waals surface area contributed by atoms with Crippen molar-refractivity contribution in [2.75, 3.05) is 31.1 Å². The summed E-state index contributed by atoms with van der Waals surface area (Å²) in [6.45, 7) is 4.07. The number of rotatable bonds is 4. The molecule has 0 bridgehead atoms. The molecule has 19 heavy (non-hydrogen) atoms. The number of benzene rings is 1. The van der Waals surface area contributed by atoms with E-state index in [2.05, 4.69) is 29.2 Å². The first kappa shape index (κ1) is 12.5. The fourth-order valence-corrected chi connectivity index (χ4v) is 3.18. The summed E-state index contributed by atoms with van der Waals surface area (Å²) in [7, 11) is 0. The summed E-state index contributed by atoms with van der Waals surface area (Å²) in [5.74, 6) is 0.352. The molecule has 3 heteroatoms. The van der Waals surface area contributed by atoms with Crippen LogP contribution in [0.2, 0.25) is 0 Å². The number of hydrogen-bond acceptors (Lipinski definition) is 2. The molecule has 0 radical (unpaired) electrons. The molecule has 3 rings (SSSR count). The average Bonchev–Trinajstić information content (AvgIpc) is 3.08. The Bertz CT molecular complexity index is 452. The van der Waals surface area contributed by atoms with Gasteiger partial charge in [-0.25, -0.2) is 0 Å². The summed E-state index contributed by atoms with van der Waals surface area (Å²) in [4.78, 5) is 16.4. The molecule has 1 amide bonds. The Balaban J connectivity index is 1.47. The zero-order valence-corrected chi connectivity index (χ0v) is 11.5. The van der Waals surface area contributed by atoms with E-state index in [4.69, 9.17) is 0 Å². The van der Waals surface area contributed by atoms with Gasteiger partial charge < -0.3 is 9.80 Å². The van der Waals surface area contributed by atoms with Crippen molar-refractivity contribution in [2.24, 2.45) is 0 Å². The van der Waals surface area contributed by atoms with E-state index in [0.717, 1.165) is 39.0 Å². The van der Waals surface area contributed by atoms with Crippen molar-refractivity contribution in [2.45, 2.75) is 32.1 Å². The van der Waals surface area contributed by atoms with Gasteiger partial charge in [0.15, 0.2) is 0 Å². The first-order valence-corrected chi connectivity index (χ1v) is 7.45. The maximum atomic E-state index is 12.0. The van der Waals surface area contributed by atoms with Crippen LogP contribution in [0.1, 0.15) is 31.2 Å². The van der Waals surface area contributed by atoms with Gasteiger partial charge in [0.25, 0.3) is 0 Å². The third kappa shape index (κ3) is 2.75.